The van der Waals surface area contributed by atoms with Gasteiger partial charge in [0.25, 0.3) is 0 Å². The van der Waals surface area contributed by atoms with Crippen molar-refractivity contribution in [1.82, 2.24) is 10.6 Å². The van der Waals surface area contributed by atoms with Gasteiger partial charge in [-0.2, -0.15) is 0 Å². The fourth-order valence-corrected chi connectivity index (χ4v) is 2.04. The molecule has 142 valence electrons. The normalized spacial score (nSPS) is 14.8. The van der Waals surface area contributed by atoms with Gasteiger partial charge in [-0.25, -0.2) is 0 Å². The van der Waals surface area contributed by atoms with Crippen LogP contribution in [0, 0.1) is 5.92 Å². The van der Waals surface area contributed by atoms with E-state index in [1.807, 2.05) is 0 Å². The summed E-state index contributed by atoms with van der Waals surface area (Å²) in [7, 11) is 0. The van der Waals surface area contributed by atoms with Crippen LogP contribution in [0.3, 0.4) is 0 Å². The smallest absolute Gasteiger partial charge is 0.191 e. The molecular formula is C18H37N3O3. The topological polar surface area (TPSA) is 64.1 Å². The Kier molecular flexibility index (Phi) is 13.8. The molecule has 6 heteroatoms. The molecule has 0 atom stereocenters. The molecule has 0 aromatic heterocycles. The third-order valence-corrected chi connectivity index (χ3v) is 3.66. The Morgan fingerprint density at radius 3 is 2.38 bits per heavy atom. The molecule has 1 aliphatic carbocycles. The van der Waals surface area contributed by atoms with E-state index in [1.165, 1.54) is 19.3 Å². The van der Waals surface area contributed by atoms with E-state index >= 15 is 0 Å². The molecule has 0 aliphatic heterocycles. The van der Waals surface area contributed by atoms with Crippen molar-refractivity contribution < 1.29 is 14.2 Å². The molecule has 1 rings (SSSR count). The highest BCUT2D eigenvalue weighted by molar-refractivity contribution is 5.79. The highest BCUT2D eigenvalue weighted by atomic mass is 16.5. The molecule has 0 spiro atoms. The average Bonchev–Trinajstić information content (AvgIpc) is 3.40. The third kappa shape index (κ3) is 13.6. The van der Waals surface area contributed by atoms with Crippen molar-refractivity contribution in [2.24, 2.45) is 10.9 Å². The van der Waals surface area contributed by atoms with Crippen LogP contribution in [0.25, 0.3) is 0 Å². The first-order valence-corrected chi connectivity index (χ1v) is 9.62. The maximum absolute atomic E-state index is 5.62. The molecule has 24 heavy (non-hydrogen) atoms. The van der Waals surface area contributed by atoms with E-state index in [0.717, 1.165) is 64.2 Å². The van der Waals surface area contributed by atoms with Crippen molar-refractivity contribution in [3.63, 3.8) is 0 Å². The summed E-state index contributed by atoms with van der Waals surface area (Å²) >= 11 is 0. The van der Waals surface area contributed by atoms with Gasteiger partial charge in [0.15, 0.2) is 5.96 Å². The zero-order valence-electron chi connectivity index (χ0n) is 15.6. The number of guanidine groups is 1. The second-order valence-electron chi connectivity index (χ2n) is 6.14. The standard InChI is InChI=1S/C18H37N3O3/c1-3-5-11-22-14-15-23-13-10-21-18(19-4-2)20-9-6-12-24-16-17-7-8-17/h17H,3-16H2,1-2H3,(H2,19,20,21). The Morgan fingerprint density at radius 1 is 0.917 bits per heavy atom. The van der Waals surface area contributed by atoms with Crippen LogP contribution >= 0.6 is 0 Å². The molecule has 0 radical (unpaired) electrons. The predicted molar refractivity (Wildman–Crippen MR) is 98.7 cm³/mol. The number of ether oxygens (including phenoxy) is 3. The van der Waals surface area contributed by atoms with Gasteiger partial charge < -0.3 is 24.8 Å². The summed E-state index contributed by atoms with van der Waals surface area (Å²) < 4.78 is 16.6. The maximum atomic E-state index is 5.62. The lowest BCUT2D eigenvalue weighted by atomic mass is 10.4. The molecule has 0 amide bonds. The number of nitrogens with one attached hydrogen (secondary N) is 2. The number of unbranched alkanes of at least 4 members (excludes halogenated alkanes) is 1. The summed E-state index contributed by atoms with van der Waals surface area (Å²) in [4.78, 5) is 4.55. The number of rotatable bonds is 16. The number of aliphatic imine (C=N–C) groups is 1. The lowest BCUT2D eigenvalue weighted by Crippen LogP contribution is -2.39. The van der Waals surface area contributed by atoms with Crippen molar-refractivity contribution in [2.45, 2.75) is 46.0 Å². The molecule has 6 nitrogen and oxygen atoms in total. The number of hydrogen-bond acceptors (Lipinski definition) is 4. The quantitative estimate of drug-likeness (QED) is 0.255. The van der Waals surface area contributed by atoms with E-state index in [1.54, 1.807) is 0 Å². The summed E-state index contributed by atoms with van der Waals surface area (Å²) in [6, 6.07) is 0. The van der Waals surface area contributed by atoms with Crippen LogP contribution in [-0.2, 0) is 14.2 Å². The van der Waals surface area contributed by atoms with Gasteiger partial charge in [0.05, 0.1) is 19.8 Å². The maximum Gasteiger partial charge on any atom is 0.191 e. The van der Waals surface area contributed by atoms with Gasteiger partial charge in [0, 0.05) is 39.5 Å². The fraction of sp³-hybridized carbons (Fsp3) is 0.944. The molecule has 0 unspecified atom stereocenters. The van der Waals surface area contributed by atoms with Crippen molar-refractivity contribution in [3.8, 4) is 0 Å². The third-order valence-electron chi connectivity index (χ3n) is 3.66. The minimum absolute atomic E-state index is 0.650. The Bertz CT molecular complexity index is 310. The predicted octanol–water partition coefficient (Wildman–Crippen LogP) is 2.19. The van der Waals surface area contributed by atoms with Crippen LogP contribution in [-0.4, -0.2) is 65.2 Å². The van der Waals surface area contributed by atoms with E-state index in [-0.39, 0.29) is 0 Å². The Morgan fingerprint density at radius 2 is 1.67 bits per heavy atom. The number of nitrogens with zero attached hydrogens (tertiary/aromatic N) is 1. The minimum atomic E-state index is 0.650. The van der Waals surface area contributed by atoms with Crippen LogP contribution < -0.4 is 10.6 Å². The van der Waals surface area contributed by atoms with E-state index in [9.17, 15) is 0 Å². The van der Waals surface area contributed by atoms with Crippen molar-refractivity contribution in [3.05, 3.63) is 0 Å². The second kappa shape index (κ2) is 15.7. The van der Waals surface area contributed by atoms with Gasteiger partial charge in [0.1, 0.15) is 0 Å². The fourth-order valence-electron chi connectivity index (χ4n) is 2.04. The van der Waals surface area contributed by atoms with E-state index in [0.29, 0.717) is 19.8 Å². The second-order valence-corrected chi connectivity index (χ2v) is 6.14. The number of hydrogen-bond donors (Lipinski definition) is 2. The largest absolute Gasteiger partial charge is 0.381 e. The molecule has 1 saturated carbocycles. The van der Waals surface area contributed by atoms with Crippen LogP contribution in [0.5, 0.6) is 0 Å². The Balaban J connectivity index is 1.93. The Hall–Kier alpha value is -0.850. The molecule has 0 heterocycles. The molecule has 0 aromatic carbocycles. The SMILES string of the molecule is CCCCOCCOCCNC(=NCCCOCC1CC1)NCC. The van der Waals surface area contributed by atoms with Gasteiger partial charge in [-0.3, -0.25) is 4.99 Å². The van der Waals surface area contributed by atoms with Gasteiger partial charge in [-0.1, -0.05) is 13.3 Å². The van der Waals surface area contributed by atoms with Gasteiger partial charge in [-0.15, -0.1) is 0 Å². The molecule has 1 fully saturated rings. The highest BCUT2D eigenvalue weighted by Gasteiger charge is 2.20. The average molecular weight is 344 g/mol. The summed E-state index contributed by atoms with van der Waals surface area (Å²) in [6.07, 6.45) is 5.95. The van der Waals surface area contributed by atoms with E-state index in [2.05, 4.69) is 29.5 Å². The van der Waals surface area contributed by atoms with Crippen LogP contribution in [0.2, 0.25) is 0 Å². The minimum Gasteiger partial charge on any atom is -0.381 e. The summed E-state index contributed by atoms with van der Waals surface area (Å²) in [5.41, 5.74) is 0. The zero-order valence-corrected chi connectivity index (χ0v) is 15.6. The van der Waals surface area contributed by atoms with Crippen LogP contribution in [0.1, 0.15) is 46.0 Å². The lowest BCUT2D eigenvalue weighted by Gasteiger charge is -2.11. The molecule has 0 bridgehead atoms. The molecule has 2 N–H and O–H groups in total. The summed E-state index contributed by atoms with van der Waals surface area (Å²) in [5.74, 6) is 1.69. The monoisotopic (exact) mass is 343 g/mol. The molecule has 0 aromatic rings. The Labute approximate surface area is 147 Å². The van der Waals surface area contributed by atoms with Gasteiger partial charge >= 0.3 is 0 Å². The van der Waals surface area contributed by atoms with E-state index < -0.39 is 0 Å². The first-order chi connectivity index (χ1) is 11.9. The van der Waals surface area contributed by atoms with E-state index in [4.69, 9.17) is 14.2 Å². The van der Waals surface area contributed by atoms with Gasteiger partial charge in [0.2, 0.25) is 0 Å². The van der Waals surface area contributed by atoms with Gasteiger partial charge in [-0.05, 0) is 38.5 Å². The zero-order chi connectivity index (χ0) is 17.3. The summed E-state index contributed by atoms with van der Waals surface area (Å²) in [5, 5.41) is 6.53. The van der Waals surface area contributed by atoms with Crippen LogP contribution in [0.4, 0.5) is 0 Å². The molecular weight excluding hydrogens is 306 g/mol. The summed E-state index contributed by atoms with van der Waals surface area (Å²) in [6.45, 7) is 11.2. The first kappa shape index (κ1) is 21.2. The molecule has 1 aliphatic rings. The van der Waals surface area contributed by atoms with Crippen LogP contribution in [0.15, 0.2) is 4.99 Å². The van der Waals surface area contributed by atoms with Crippen molar-refractivity contribution in [1.29, 1.82) is 0 Å². The first-order valence-electron chi connectivity index (χ1n) is 9.62. The molecule has 0 saturated heterocycles. The highest BCUT2D eigenvalue weighted by Crippen LogP contribution is 2.28. The lowest BCUT2D eigenvalue weighted by molar-refractivity contribution is 0.0487. The van der Waals surface area contributed by atoms with Crippen molar-refractivity contribution in [2.75, 3.05) is 59.3 Å². The van der Waals surface area contributed by atoms with Crippen molar-refractivity contribution >= 4 is 5.96 Å².